The van der Waals surface area contributed by atoms with Crippen molar-refractivity contribution < 1.29 is 9.53 Å². The van der Waals surface area contributed by atoms with Gasteiger partial charge in [-0.2, -0.15) is 0 Å². The molecule has 138 valence electrons. The number of ketones is 1. The van der Waals surface area contributed by atoms with Crippen LogP contribution in [0.2, 0.25) is 0 Å². The Morgan fingerprint density at radius 3 is 2.77 bits per heavy atom. The van der Waals surface area contributed by atoms with Crippen LogP contribution >= 0.6 is 0 Å². The predicted octanol–water partition coefficient (Wildman–Crippen LogP) is 3.17. The molecular formula is C20H26N4O2. The first-order valence-electron chi connectivity index (χ1n) is 9.00. The third-order valence-electron chi connectivity index (χ3n) is 4.93. The van der Waals surface area contributed by atoms with Crippen LogP contribution in [0.5, 0.6) is 5.88 Å². The zero-order chi connectivity index (χ0) is 18.5. The number of piperidine rings is 1. The van der Waals surface area contributed by atoms with Crippen LogP contribution in [0, 0.1) is 5.92 Å². The van der Waals surface area contributed by atoms with E-state index in [4.69, 9.17) is 4.74 Å². The van der Waals surface area contributed by atoms with Gasteiger partial charge in [0, 0.05) is 36.8 Å². The molecule has 3 heterocycles. The fourth-order valence-corrected chi connectivity index (χ4v) is 3.07. The van der Waals surface area contributed by atoms with Crippen LogP contribution in [-0.2, 0) is 0 Å². The number of aromatic nitrogens is 2. The third-order valence-corrected chi connectivity index (χ3v) is 4.93. The summed E-state index contributed by atoms with van der Waals surface area (Å²) in [5.74, 6) is 1.22. The van der Waals surface area contributed by atoms with E-state index < -0.39 is 0 Å². The van der Waals surface area contributed by atoms with Crippen molar-refractivity contribution >= 4 is 17.2 Å². The quantitative estimate of drug-likeness (QED) is 0.743. The van der Waals surface area contributed by atoms with E-state index in [0.29, 0.717) is 24.0 Å². The first kappa shape index (κ1) is 18.3. The lowest BCUT2D eigenvalue weighted by molar-refractivity contribution is 0.101. The number of pyridine rings is 2. The van der Waals surface area contributed by atoms with Crippen LogP contribution in [0.4, 0.5) is 11.4 Å². The van der Waals surface area contributed by atoms with Crippen molar-refractivity contribution in [2.45, 2.75) is 19.8 Å². The molecule has 6 nitrogen and oxygen atoms in total. The molecule has 0 aromatic carbocycles. The second-order valence-corrected chi connectivity index (χ2v) is 6.96. The summed E-state index contributed by atoms with van der Waals surface area (Å²) in [6.07, 6.45) is 7.41. The average Bonchev–Trinajstić information content (AvgIpc) is 2.67. The van der Waals surface area contributed by atoms with Crippen molar-refractivity contribution in [3.63, 3.8) is 0 Å². The van der Waals surface area contributed by atoms with Gasteiger partial charge in [0.15, 0.2) is 5.78 Å². The molecule has 2 aromatic rings. The van der Waals surface area contributed by atoms with Gasteiger partial charge in [-0.05, 0) is 58.0 Å². The van der Waals surface area contributed by atoms with Gasteiger partial charge in [-0.25, -0.2) is 4.98 Å². The Labute approximate surface area is 154 Å². The van der Waals surface area contributed by atoms with Crippen molar-refractivity contribution in [2.24, 2.45) is 5.92 Å². The highest BCUT2D eigenvalue weighted by molar-refractivity contribution is 5.94. The minimum Gasteiger partial charge on any atom is -0.477 e. The molecule has 1 aliphatic heterocycles. The summed E-state index contributed by atoms with van der Waals surface area (Å²) in [5.41, 5.74) is 2.40. The zero-order valence-electron chi connectivity index (χ0n) is 15.7. The lowest BCUT2D eigenvalue weighted by Crippen LogP contribution is -2.32. The van der Waals surface area contributed by atoms with E-state index in [1.54, 1.807) is 25.5 Å². The molecule has 0 bridgehead atoms. The van der Waals surface area contributed by atoms with Gasteiger partial charge in [0.25, 0.3) is 0 Å². The molecule has 1 aliphatic rings. The molecule has 0 saturated carbocycles. The van der Waals surface area contributed by atoms with E-state index in [1.165, 1.54) is 12.8 Å². The molecule has 0 atom stereocenters. The number of ether oxygens (including phenoxy) is 1. The number of anilines is 2. The van der Waals surface area contributed by atoms with E-state index in [9.17, 15) is 4.79 Å². The molecule has 0 unspecified atom stereocenters. The molecular weight excluding hydrogens is 328 g/mol. The Balaban J connectivity index is 1.66. The molecule has 0 spiro atoms. The van der Waals surface area contributed by atoms with E-state index in [2.05, 4.69) is 21.9 Å². The lowest BCUT2D eigenvalue weighted by Gasteiger charge is -2.28. The highest BCUT2D eigenvalue weighted by Gasteiger charge is 2.17. The Morgan fingerprint density at radius 2 is 2.04 bits per heavy atom. The van der Waals surface area contributed by atoms with E-state index in [1.807, 2.05) is 30.1 Å². The van der Waals surface area contributed by atoms with Crippen LogP contribution < -0.4 is 9.64 Å². The Kier molecular flexibility index (Phi) is 5.83. The van der Waals surface area contributed by atoms with Gasteiger partial charge in [0.05, 0.1) is 18.5 Å². The van der Waals surface area contributed by atoms with Crippen LogP contribution in [0.25, 0.3) is 0 Å². The minimum absolute atomic E-state index is 0.00428. The van der Waals surface area contributed by atoms with Crippen molar-refractivity contribution in [3.8, 4) is 5.88 Å². The summed E-state index contributed by atoms with van der Waals surface area (Å²) < 4.78 is 5.94. The van der Waals surface area contributed by atoms with Crippen LogP contribution in [-0.4, -0.2) is 54.4 Å². The SMILES string of the molecule is CC(=O)c1cncc(N(C)c2ccnc(OCC3CCN(C)CC3)c2)c1. The van der Waals surface area contributed by atoms with E-state index >= 15 is 0 Å². The molecule has 1 saturated heterocycles. The largest absolute Gasteiger partial charge is 0.477 e. The molecule has 6 heteroatoms. The molecule has 0 N–H and O–H groups in total. The number of hydrogen-bond acceptors (Lipinski definition) is 6. The number of carbonyl (C=O) groups is 1. The second kappa shape index (κ2) is 8.27. The summed E-state index contributed by atoms with van der Waals surface area (Å²) >= 11 is 0. The molecule has 1 fully saturated rings. The first-order chi connectivity index (χ1) is 12.5. The highest BCUT2D eigenvalue weighted by Crippen LogP contribution is 2.26. The van der Waals surface area contributed by atoms with Crippen molar-refractivity contribution in [1.29, 1.82) is 0 Å². The van der Waals surface area contributed by atoms with E-state index in [-0.39, 0.29) is 5.78 Å². The van der Waals surface area contributed by atoms with Gasteiger partial charge < -0.3 is 14.5 Å². The van der Waals surface area contributed by atoms with Gasteiger partial charge in [-0.3, -0.25) is 9.78 Å². The lowest BCUT2D eigenvalue weighted by atomic mass is 9.98. The Hall–Kier alpha value is -2.47. The normalized spacial score (nSPS) is 15.7. The molecule has 26 heavy (non-hydrogen) atoms. The van der Waals surface area contributed by atoms with Gasteiger partial charge in [0.2, 0.25) is 5.88 Å². The molecule has 2 aromatic heterocycles. The van der Waals surface area contributed by atoms with Crippen LogP contribution in [0.1, 0.15) is 30.1 Å². The maximum absolute atomic E-state index is 11.6. The standard InChI is InChI=1S/C20H26N4O2/c1-15(25)17-10-19(13-21-12-17)24(3)18-4-7-22-20(11-18)26-14-16-5-8-23(2)9-6-16/h4,7,10-13,16H,5-6,8-9,14H2,1-3H3. The average molecular weight is 354 g/mol. The number of Topliss-reactive ketones (excluding diaryl/α,β-unsaturated/α-hetero) is 1. The van der Waals surface area contributed by atoms with Crippen molar-refractivity contribution in [2.75, 3.05) is 38.7 Å². The molecule has 0 amide bonds. The maximum atomic E-state index is 11.6. The fourth-order valence-electron chi connectivity index (χ4n) is 3.07. The molecule has 0 radical (unpaired) electrons. The minimum atomic E-state index is 0.00428. The number of carbonyl (C=O) groups excluding carboxylic acids is 1. The second-order valence-electron chi connectivity index (χ2n) is 6.96. The van der Waals surface area contributed by atoms with Crippen LogP contribution in [0.3, 0.4) is 0 Å². The van der Waals surface area contributed by atoms with Gasteiger partial charge >= 0.3 is 0 Å². The maximum Gasteiger partial charge on any atom is 0.215 e. The summed E-state index contributed by atoms with van der Waals surface area (Å²) in [6.45, 7) is 4.50. The third kappa shape index (κ3) is 4.58. The fraction of sp³-hybridized carbons (Fsp3) is 0.450. The summed E-state index contributed by atoms with van der Waals surface area (Å²) in [5, 5.41) is 0. The van der Waals surface area contributed by atoms with Gasteiger partial charge in [-0.1, -0.05) is 0 Å². The summed E-state index contributed by atoms with van der Waals surface area (Å²) in [7, 11) is 4.10. The number of rotatable bonds is 6. The summed E-state index contributed by atoms with van der Waals surface area (Å²) in [4.78, 5) is 24.4. The highest BCUT2D eigenvalue weighted by atomic mass is 16.5. The number of hydrogen-bond donors (Lipinski definition) is 0. The smallest absolute Gasteiger partial charge is 0.215 e. The van der Waals surface area contributed by atoms with Gasteiger partial charge in [0.1, 0.15) is 0 Å². The zero-order valence-corrected chi connectivity index (χ0v) is 15.7. The van der Waals surface area contributed by atoms with Gasteiger partial charge in [-0.15, -0.1) is 0 Å². The number of nitrogens with zero attached hydrogens (tertiary/aromatic N) is 4. The van der Waals surface area contributed by atoms with Crippen molar-refractivity contribution in [3.05, 3.63) is 42.4 Å². The first-order valence-corrected chi connectivity index (χ1v) is 9.00. The number of likely N-dealkylation sites (tertiary alicyclic amines) is 1. The molecule has 0 aliphatic carbocycles. The van der Waals surface area contributed by atoms with E-state index in [0.717, 1.165) is 24.5 Å². The monoisotopic (exact) mass is 354 g/mol. The topological polar surface area (TPSA) is 58.6 Å². The summed E-state index contributed by atoms with van der Waals surface area (Å²) in [6, 6.07) is 5.69. The van der Waals surface area contributed by atoms with Crippen LogP contribution in [0.15, 0.2) is 36.8 Å². The Bertz CT molecular complexity index is 757. The predicted molar refractivity (Wildman–Crippen MR) is 102 cm³/mol. The Morgan fingerprint density at radius 1 is 1.27 bits per heavy atom. The molecule has 3 rings (SSSR count). The van der Waals surface area contributed by atoms with Crippen molar-refractivity contribution in [1.82, 2.24) is 14.9 Å².